The Morgan fingerprint density at radius 1 is 1.35 bits per heavy atom. The third-order valence-electron chi connectivity index (χ3n) is 4.07. The second-order valence-corrected chi connectivity index (χ2v) is 5.88. The minimum Gasteiger partial charge on any atom is -0.375 e. The normalized spacial score (nSPS) is 26.8. The predicted molar refractivity (Wildman–Crippen MR) is 78.7 cm³/mol. The van der Waals surface area contributed by atoms with E-state index in [0.717, 1.165) is 37.6 Å². The van der Waals surface area contributed by atoms with Gasteiger partial charge in [-0.1, -0.05) is 6.92 Å². The number of aromatic nitrogens is 2. The van der Waals surface area contributed by atoms with Crippen LogP contribution in [0.4, 0.5) is 5.82 Å². The zero-order valence-corrected chi connectivity index (χ0v) is 12.4. The average Bonchev–Trinajstić information content (AvgIpc) is 3.30. The Labute approximate surface area is 120 Å². The van der Waals surface area contributed by atoms with Crippen LogP contribution in [-0.4, -0.2) is 41.3 Å². The maximum absolute atomic E-state index is 5.73. The van der Waals surface area contributed by atoms with Gasteiger partial charge in [0.25, 0.3) is 0 Å². The highest BCUT2D eigenvalue weighted by atomic mass is 16.5. The molecule has 20 heavy (non-hydrogen) atoms. The van der Waals surface area contributed by atoms with Crippen molar-refractivity contribution in [1.29, 1.82) is 0 Å². The van der Waals surface area contributed by atoms with Gasteiger partial charge in [0.15, 0.2) is 0 Å². The van der Waals surface area contributed by atoms with Crippen LogP contribution in [-0.2, 0) is 11.3 Å². The molecule has 0 amide bonds. The third-order valence-corrected chi connectivity index (χ3v) is 4.07. The summed E-state index contributed by atoms with van der Waals surface area (Å²) in [6.07, 6.45) is 7.74. The summed E-state index contributed by atoms with van der Waals surface area (Å²) >= 11 is 0. The molecule has 1 aliphatic heterocycles. The minimum atomic E-state index is 0.260. The maximum atomic E-state index is 5.73. The van der Waals surface area contributed by atoms with E-state index >= 15 is 0 Å². The summed E-state index contributed by atoms with van der Waals surface area (Å²) < 4.78 is 5.73. The SMILES string of the molecule is CCC1COC(C)CN1c1cnc(CNC2CC2)cn1. The van der Waals surface area contributed by atoms with E-state index in [1.165, 1.54) is 12.8 Å². The fourth-order valence-corrected chi connectivity index (χ4v) is 2.59. The van der Waals surface area contributed by atoms with Crippen molar-refractivity contribution in [2.24, 2.45) is 0 Å². The lowest BCUT2D eigenvalue weighted by molar-refractivity contribution is 0.0296. The van der Waals surface area contributed by atoms with Gasteiger partial charge >= 0.3 is 0 Å². The van der Waals surface area contributed by atoms with E-state index in [0.29, 0.717) is 12.1 Å². The van der Waals surface area contributed by atoms with Gasteiger partial charge in [-0.3, -0.25) is 4.98 Å². The van der Waals surface area contributed by atoms with Crippen LogP contribution in [0.1, 0.15) is 38.8 Å². The first-order valence-corrected chi connectivity index (χ1v) is 7.68. The molecule has 1 N–H and O–H groups in total. The first-order valence-electron chi connectivity index (χ1n) is 7.68. The predicted octanol–water partition coefficient (Wildman–Crippen LogP) is 1.73. The van der Waals surface area contributed by atoms with Crippen LogP contribution in [0.2, 0.25) is 0 Å². The number of rotatable bonds is 5. The van der Waals surface area contributed by atoms with Crippen LogP contribution in [0.5, 0.6) is 0 Å². The number of nitrogens with zero attached hydrogens (tertiary/aromatic N) is 3. The molecule has 1 aromatic rings. The van der Waals surface area contributed by atoms with Crippen LogP contribution in [0.25, 0.3) is 0 Å². The van der Waals surface area contributed by atoms with Gasteiger partial charge in [0.1, 0.15) is 5.82 Å². The van der Waals surface area contributed by atoms with Crippen LogP contribution in [0, 0.1) is 0 Å². The first-order chi connectivity index (χ1) is 9.76. The van der Waals surface area contributed by atoms with Gasteiger partial charge in [0.2, 0.25) is 0 Å². The van der Waals surface area contributed by atoms with Gasteiger partial charge in [-0.25, -0.2) is 4.98 Å². The molecule has 1 saturated heterocycles. The molecule has 0 bridgehead atoms. The van der Waals surface area contributed by atoms with Crippen molar-refractivity contribution in [3.63, 3.8) is 0 Å². The summed E-state index contributed by atoms with van der Waals surface area (Å²) in [5.41, 5.74) is 1.02. The lowest BCUT2D eigenvalue weighted by Gasteiger charge is -2.38. The van der Waals surface area contributed by atoms with Gasteiger partial charge in [-0.15, -0.1) is 0 Å². The lowest BCUT2D eigenvalue weighted by atomic mass is 10.1. The van der Waals surface area contributed by atoms with E-state index in [1.807, 2.05) is 12.4 Å². The minimum absolute atomic E-state index is 0.260. The zero-order chi connectivity index (χ0) is 13.9. The number of hydrogen-bond acceptors (Lipinski definition) is 5. The number of morpholine rings is 1. The lowest BCUT2D eigenvalue weighted by Crippen LogP contribution is -2.49. The van der Waals surface area contributed by atoms with Crippen molar-refractivity contribution in [2.45, 2.75) is 57.8 Å². The van der Waals surface area contributed by atoms with E-state index in [-0.39, 0.29) is 6.10 Å². The standard InChI is InChI=1S/C15H24N4O/c1-3-14-10-20-11(2)9-19(14)15-8-17-13(7-18-15)6-16-12-4-5-12/h7-8,11-12,14,16H,3-6,9-10H2,1-2H3. The molecule has 5 heteroatoms. The molecule has 2 unspecified atom stereocenters. The molecule has 110 valence electrons. The molecule has 2 aliphatic rings. The quantitative estimate of drug-likeness (QED) is 0.887. The topological polar surface area (TPSA) is 50.3 Å². The summed E-state index contributed by atoms with van der Waals surface area (Å²) in [6.45, 7) is 6.81. The Hall–Kier alpha value is -1.20. The molecule has 1 aromatic heterocycles. The molecule has 1 aliphatic carbocycles. The monoisotopic (exact) mass is 276 g/mol. The summed E-state index contributed by atoms with van der Waals surface area (Å²) in [5.74, 6) is 0.974. The van der Waals surface area contributed by atoms with Crippen molar-refractivity contribution in [3.05, 3.63) is 18.1 Å². The fourth-order valence-electron chi connectivity index (χ4n) is 2.59. The van der Waals surface area contributed by atoms with Gasteiger partial charge in [0, 0.05) is 19.1 Å². The van der Waals surface area contributed by atoms with Crippen molar-refractivity contribution < 1.29 is 4.74 Å². The Balaban J connectivity index is 1.65. The van der Waals surface area contributed by atoms with Crippen molar-refractivity contribution in [3.8, 4) is 0 Å². The first kappa shape index (κ1) is 13.8. The van der Waals surface area contributed by atoms with E-state index in [9.17, 15) is 0 Å². The number of nitrogens with one attached hydrogen (secondary N) is 1. The van der Waals surface area contributed by atoms with Gasteiger partial charge in [0.05, 0.1) is 36.8 Å². The number of hydrogen-bond donors (Lipinski definition) is 1. The summed E-state index contributed by atoms with van der Waals surface area (Å²) in [4.78, 5) is 11.5. The summed E-state index contributed by atoms with van der Waals surface area (Å²) in [6, 6.07) is 1.12. The molecule has 3 rings (SSSR count). The van der Waals surface area contributed by atoms with Gasteiger partial charge in [-0.2, -0.15) is 0 Å². The van der Waals surface area contributed by atoms with E-state index < -0.39 is 0 Å². The summed E-state index contributed by atoms with van der Waals surface area (Å²) in [7, 11) is 0. The Morgan fingerprint density at radius 3 is 2.85 bits per heavy atom. The Kier molecular flexibility index (Phi) is 4.17. The molecular weight excluding hydrogens is 252 g/mol. The molecule has 2 heterocycles. The van der Waals surface area contributed by atoms with Crippen LogP contribution >= 0.6 is 0 Å². The summed E-state index contributed by atoms with van der Waals surface area (Å²) in [5, 5.41) is 3.46. The van der Waals surface area contributed by atoms with Crippen LogP contribution in [0.3, 0.4) is 0 Å². The second kappa shape index (κ2) is 6.06. The van der Waals surface area contributed by atoms with Gasteiger partial charge in [-0.05, 0) is 26.2 Å². The second-order valence-electron chi connectivity index (χ2n) is 5.88. The molecule has 5 nitrogen and oxygen atoms in total. The highest BCUT2D eigenvalue weighted by Gasteiger charge is 2.26. The molecule has 2 fully saturated rings. The van der Waals surface area contributed by atoms with Crippen LogP contribution < -0.4 is 10.2 Å². The largest absolute Gasteiger partial charge is 0.375 e. The van der Waals surface area contributed by atoms with E-state index in [2.05, 4.69) is 34.0 Å². The Morgan fingerprint density at radius 2 is 2.20 bits per heavy atom. The molecule has 0 aromatic carbocycles. The Bertz CT molecular complexity index is 432. The zero-order valence-electron chi connectivity index (χ0n) is 12.4. The van der Waals surface area contributed by atoms with E-state index in [1.54, 1.807) is 0 Å². The highest BCUT2D eigenvalue weighted by molar-refractivity contribution is 5.38. The number of anilines is 1. The smallest absolute Gasteiger partial charge is 0.147 e. The van der Waals surface area contributed by atoms with Crippen molar-refractivity contribution >= 4 is 5.82 Å². The van der Waals surface area contributed by atoms with Gasteiger partial charge < -0.3 is 15.0 Å². The maximum Gasteiger partial charge on any atom is 0.147 e. The average molecular weight is 276 g/mol. The fraction of sp³-hybridized carbons (Fsp3) is 0.733. The third kappa shape index (κ3) is 3.27. The molecule has 1 saturated carbocycles. The molecule has 0 radical (unpaired) electrons. The van der Waals surface area contributed by atoms with Crippen molar-refractivity contribution in [1.82, 2.24) is 15.3 Å². The van der Waals surface area contributed by atoms with Crippen LogP contribution in [0.15, 0.2) is 12.4 Å². The van der Waals surface area contributed by atoms with E-state index in [4.69, 9.17) is 4.74 Å². The molecular formula is C15H24N4O. The highest BCUT2D eigenvalue weighted by Crippen LogP contribution is 2.21. The number of ether oxygens (including phenoxy) is 1. The van der Waals surface area contributed by atoms with Crippen molar-refractivity contribution in [2.75, 3.05) is 18.1 Å². The molecule has 0 spiro atoms. The molecule has 2 atom stereocenters.